The number of anilines is 1. The Balaban J connectivity index is 1.72. The molecule has 1 atom stereocenters. The molecule has 2 saturated heterocycles. The number of piperazine rings is 1. The molecule has 2 heterocycles. The normalized spacial score (nSPS) is 21.4. The van der Waals surface area contributed by atoms with Crippen LogP contribution in [-0.2, 0) is 19.6 Å². The number of hydrogen-bond donors (Lipinski definition) is 1. The van der Waals surface area contributed by atoms with E-state index < -0.39 is 16.1 Å². The largest absolute Gasteiger partial charge is 0.331 e. The molecule has 0 bridgehead atoms. The summed E-state index contributed by atoms with van der Waals surface area (Å²) in [7, 11) is -3.61. The van der Waals surface area contributed by atoms with Gasteiger partial charge in [-0.1, -0.05) is 19.9 Å². The van der Waals surface area contributed by atoms with Gasteiger partial charge in [0.25, 0.3) is 0 Å². The van der Waals surface area contributed by atoms with Crippen LogP contribution in [0.1, 0.15) is 39.5 Å². The number of benzene rings is 1. The van der Waals surface area contributed by atoms with Gasteiger partial charge in [-0.2, -0.15) is 4.31 Å². The maximum absolute atomic E-state index is 13.0. The molecule has 0 saturated carbocycles. The van der Waals surface area contributed by atoms with Crippen molar-refractivity contribution in [1.29, 1.82) is 0 Å². The lowest BCUT2D eigenvalue weighted by Gasteiger charge is -2.34. The third kappa shape index (κ3) is 5.01. The van der Waals surface area contributed by atoms with E-state index in [1.807, 2.05) is 0 Å². The van der Waals surface area contributed by atoms with E-state index in [1.54, 1.807) is 30.0 Å². The summed E-state index contributed by atoms with van der Waals surface area (Å²) < 4.78 is 27.6. The highest BCUT2D eigenvalue weighted by atomic mass is 32.2. The fourth-order valence-corrected chi connectivity index (χ4v) is 5.57. The number of hydrogen-bond acceptors (Lipinski definition) is 5. The van der Waals surface area contributed by atoms with Crippen molar-refractivity contribution in [2.24, 2.45) is 0 Å². The average molecular weight is 437 g/mol. The third-order valence-electron chi connectivity index (χ3n) is 5.95. The molecule has 1 unspecified atom stereocenters. The minimum Gasteiger partial charge on any atom is -0.331 e. The Kier molecular flexibility index (Phi) is 7.49. The fourth-order valence-electron chi connectivity index (χ4n) is 4.10. The highest BCUT2D eigenvalue weighted by Gasteiger charge is 2.32. The van der Waals surface area contributed by atoms with Gasteiger partial charge in [0.05, 0.1) is 4.90 Å². The Bertz CT molecular complexity index is 866. The molecule has 30 heavy (non-hydrogen) atoms. The Labute approximate surface area is 179 Å². The zero-order valence-electron chi connectivity index (χ0n) is 17.8. The molecule has 166 valence electrons. The molecule has 8 nitrogen and oxygen atoms in total. The molecular formula is C21H32N4O4S. The van der Waals surface area contributed by atoms with E-state index in [-0.39, 0.29) is 16.7 Å². The van der Waals surface area contributed by atoms with Crippen molar-refractivity contribution >= 4 is 27.5 Å². The van der Waals surface area contributed by atoms with Gasteiger partial charge in [-0.3, -0.25) is 9.59 Å². The third-order valence-corrected chi connectivity index (χ3v) is 7.84. The van der Waals surface area contributed by atoms with Crippen molar-refractivity contribution in [3.8, 4) is 0 Å². The molecule has 3 rings (SSSR count). The van der Waals surface area contributed by atoms with Crippen LogP contribution in [0, 0.1) is 0 Å². The summed E-state index contributed by atoms with van der Waals surface area (Å²) in [5, 5.41) is 2.83. The molecule has 1 aromatic rings. The predicted octanol–water partition coefficient (Wildman–Crippen LogP) is 1.74. The van der Waals surface area contributed by atoms with E-state index in [9.17, 15) is 18.0 Å². The molecule has 2 amide bonds. The summed E-state index contributed by atoms with van der Waals surface area (Å²) in [6.45, 7) is 7.71. The summed E-state index contributed by atoms with van der Waals surface area (Å²) >= 11 is 0. The first-order valence-electron chi connectivity index (χ1n) is 10.8. The van der Waals surface area contributed by atoms with Crippen LogP contribution < -0.4 is 5.32 Å². The first-order chi connectivity index (χ1) is 14.4. The van der Waals surface area contributed by atoms with Crippen LogP contribution in [0.5, 0.6) is 0 Å². The Morgan fingerprint density at radius 2 is 1.80 bits per heavy atom. The van der Waals surface area contributed by atoms with E-state index in [0.717, 1.165) is 32.5 Å². The van der Waals surface area contributed by atoms with Gasteiger partial charge < -0.3 is 15.1 Å². The second kappa shape index (κ2) is 9.89. The van der Waals surface area contributed by atoms with Crippen molar-refractivity contribution in [1.82, 2.24) is 14.1 Å². The van der Waals surface area contributed by atoms with E-state index in [4.69, 9.17) is 0 Å². The molecule has 0 aliphatic carbocycles. The summed E-state index contributed by atoms with van der Waals surface area (Å²) in [6, 6.07) is 5.88. The van der Waals surface area contributed by atoms with Crippen LogP contribution in [0.2, 0.25) is 0 Å². The lowest BCUT2D eigenvalue weighted by molar-refractivity contribution is -0.140. The molecule has 2 aliphatic rings. The fraction of sp³-hybridized carbons (Fsp3) is 0.619. The Morgan fingerprint density at radius 1 is 1.07 bits per heavy atom. The molecule has 2 fully saturated rings. The zero-order chi connectivity index (χ0) is 21.7. The summed E-state index contributed by atoms with van der Waals surface area (Å²) in [6.07, 6.45) is 2.78. The van der Waals surface area contributed by atoms with Crippen molar-refractivity contribution in [3.63, 3.8) is 0 Å². The van der Waals surface area contributed by atoms with Gasteiger partial charge in [0, 0.05) is 44.8 Å². The number of sulfonamides is 1. The minimum absolute atomic E-state index is 0.0302. The number of nitrogens with zero attached hydrogens (tertiary/aromatic N) is 3. The van der Waals surface area contributed by atoms with E-state index in [2.05, 4.69) is 17.1 Å². The standard InChI is InChI=1S/C21H32N4O4S/c1-3-20(26)25-11-6-5-10-19(25)21(27)22-17-8-7-9-18(16-17)30(28,29)24-14-12-23(4-2)13-15-24/h7-9,16,19H,3-6,10-15H2,1-2H3,(H,22,27). The molecule has 1 aromatic carbocycles. The topological polar surface area (TPSA) is 90.0 Å². The highest BCUT2D eigenvalue weighted by molar-refractivity contribution is 7.89. The number of likely N-dealkylation sites (N-methyl/N-ethyl adjacent to an activating group) is 1. The zero-order valence-corrected chi connectivity index (χ0v) is 18.7. The Hall–Kier alpha value is -1.97. The van der Waals surface area contributed by atoms with Gasteiger partial charge in [-0.05, 0) is 44.0 Å². The quantitative estimate of drug-likeness (QED) is 0.734. The molecular weight excluding hydrogens is 404 g/mol. The molecule has 9 heteroatoms. The number of nitrogens with one attached hydrogen (secondary N) is 1. The van der Waals surface area contributed by atoms with E-state index in [1.165, 1.54) is 10.4 Å². The SMILES string of the molecule is CCC(=O)N1CCCCC1C(=O)Nc1cccc(S(=O)(=O)N2CCN(CC)CC2)c1. The number of amides is 2. The molecule has 0 radical (unpaired) electrons. The lowest BCUT2D eigenvalue weighted by Crippen LogP contribution is -2.49. The lowest BCUT2D eigenvalue weighted by atomic mass is 10.0. The predicted molar refractivity (Wildman–Crippen MR) is 116 cm³/mol. The van der Waals surface area contributed by atoms with Crippen LogP contribution in [0.3, 0.4) is 0 Å². The molecule has 0 spiro atoms. The first kappa shape index (κ1) is 22.7. The van der Waals surface area contributed by atoms with Gasteiger partial charge in [0.1, 0.15) is 6.04 Å². The van der Waals surface area contributed by atoms with Crippen molar-refractivity contribution in [2.75, 3.05) is 44.6 Å². The number of carbonyl (C=O) groups is 2. The van der Waals surface area contributed by atoms with Crippen molar-refractivity contribution in [3.05, 3.63) is 24.3 Å². The van der Waals surface area contributed by atoms with Gasteiger partial charge in [0.15, 0.2) is 0 Å². The summed E-state index contributed by atoms with van der Waals surface area (Å²) in [4.78, 5) is 29.1. The minimum atomic E-state index is -3.61. The van der Waals surface area contributed by atoms with Crippen LogP contribution in [0.25, 0.3) is 0 Å². The maximum atomic E-state index is 13.0. The van der Waals surface area contributed by atoms with Gasteiger partial charge >= 0.3 is 0 Å². The van der Waals surface area contributed by atoms with Crippen molar-refractivity contribution < 1.29 is 18.0 Å². The van der Waals surface area contributed by atoms with Crippen LogP contribution in [-0.4, -0.2) is 79.6 Å². The maximum Gasteiger partial charge on any atom is 0.247 e. The number of carbonyl (C=O) groups excluding carboxylic acids is 2. The molecule has 1 N–H and O–H groups in total. The summed E-state index contributed by atoms with van der Waals surface area (Å²) in [5.74, 6) is -0.292. The number of piperidine rings is 1. The number of rotatable bonds is 6. The molecule has 0 aromatic heterocycles. The van der Waals surface area contributed by atoms with Crippen LogP contribution >= 0.6 is 0 Å². The van der Waals surface area contributed by atoms with Gasteiger partial charge in [0.2, 0.25) is 21.8 Å². The van der Waals surface area contributed by atoms with Crippen molar-refractivity contribution in [2.45, 2.75) is 50.5 Å². The summed E-state index contributed by atoms with van der Waals surface area (Å²) in [5.41, 5.74) is 0.433. The highest BCUT2D eigenvalue weighted by Crippen LogP contribution is 2.23. The smallest absolute Gasteiger partial charge is 0.247 e. The van der Waals surface area contributed by atoms with Crippen LogP contribution in [0.4, 0.5) is 5.69 Å². The van der Waals surface area contributed by atoms with E-state index >= 15 is 0 Å². The van der Waals surface area contributed by atoms with E-state index in [0.29, 0.717) is 38.2 Å². The second-order valence-corrected chi connectivity index (χ2v) is 9.75. The van der Waals surface area contributed by atoms with Crippen LogP contribution in [0.15, 0.2) is 29.2 Å². The first-order valence-corrected chi connectivity index (χ1v) is 12.2. The molecule has 2 aliphatic heterocycles. The monoisotopic (exact) mass is 436 g/mol. The second-order valence-electron chi connectivity index (χ2n) is 7.81. The average Bonchev–Trinajstić information content (AvgIpc) is 2.78. The van der Waals surface area contributed by atoms with Gasteiger partial charge in [-0.15, -0.1) is 0 Å². The van der Waals surface area contributed by atoms with Gasteiger partial charge in [-0.25, -0.2) is 8.42 Å². The Morgan fingerprint density at radius 3 is 2.47 bits per heavy atom. The number of likely N-dealkylation sites (tertiary alicyclic amines) is 1.